The molecule has 5 nitrogen and oxygen atoms in total. The first-order chi connectivity index (χ1) is 16.2. The zero-order chi connectivity index (χ0) is 24.5. The van der Waals surface area contributed by atoms with Gasteiger partial charge >= 0.3 is 5.97 Å². The maximum Gasteiger partial charge on any atom is 0.335 e. The first-order valence-electron chi connectivity index (χ1n) is 10.6. The number of rotatable bonds is 5. The number of aryl methyl sites for hydroxylation is 1. The number of carbonyl (C=O) groups is 1. The molecule has 1 aliphatic heterocycles. The molecular weight excluding hydrogens is 493 g/mol. The van der Waals surface area contributed by atoms with Gasteiger partial charge in [0, 0.05) is 10.0 Å². The Morgan fingerprint density at radius 1 is 0.941 bits per heavy atom. The number of benzene rings is 3. The van der Waals surface area contributed by atoms with Crippen LogP contribution < -0.4 is 0 Å². The van der Waals surface area contributed by atoms with Crippen LogP contribution in [-0.2, 0) is 19.6 Å². The molecule has 2 unspecified atom stereocenters. The molecule has 0 N–H and O–H groups in total. The summed E-state index contributed by atoms with van der Waals surface area (Å²) in [4.78, 5) is 13.0. The normalized spacial score (nSPS) is 18.9. The molecule has 1 heterocycles. The average molecular weight is 516 g/mol. The summed E-state index contributed by atoms with van der Waals surface area (Å²) < 4.78 is 35.0. The maximum atomic E-state index is 14.3. The lowest BCUT2D eigenvalue weighted by molar-refractivity contribution is -0.137. The maximum absolute atomic E-state index is 14.3. The number of sulfonamides is 1. The number of halogens is 2. The Balaban J connectivity index is 2.00. The van der Waals surface area contributed by atoms with E-state index < -0.39 is 28.1 Å². The fraction of sp³-hybridized carbons (Fsp3) is 0.192. The Hall–Kier alpha value is -2.64. The van der Waals surface area contributed by atoms with Gasteiger partial charge in [0.25, 0.3) is 0 Å². The van der Waals surface area contributed by atoms with Gasteiger partial charge in [-0.2, -0.15) is 4.31 Å². The van der Waals surface area contributed by atoms with Crippen LogP contribution in [0.25, 0.3) is 0 Å². The van der Waals surface area contributed by atoms with Crippen molar-refractivity contribution < 1.29 is 17.9 Å². The zero-order valence-electron chi connectivity index (χ0n) is 18.6. The lowest BCUT2D eigenvalue weighted by Crippen LogP contribution is -2.42. The van der Waals surface area contributed by atoms with Crippen LogP contribution in [-0.4, -0.2) is 25.8 Å². The number of hydrogen-bond donors (Lipinski definition) is 0. The summed E-state index contributed by atoms with van der Waals surface area (Å²) >= 11 is 12.4. The Morgan fingerprint density at radius 3 is 2.29 bits per heavy atom. The van der Waals surface area contributed by atoms with Crippen molar-refractivity contribution in [2.45, 2.75) is 30.3 Å². The molecule has 2 atom stereocenters. The third-order valence-corrected chi connectivity index (χ3v) is 8.43. The van der Waals surface area contributed by atoms with Gasteiger partial charge in [0.05, 0.1) is 29.7 Å². The second kappa shape index (κ2) is 9.92. The van der Waals surface area contributed by atoms with Crippen LogP contribution in [0.2, 0.25) is 10.0 Å². The summed E-state index contributed by atoms with van der Waals surface area (Å²) in [6.45, 7) is 1.75. The van der Waals surface area contributed by atoms with Gasteiger partial charge in [-0.3, -0.25) is 0 Å². The fourth-order valence-electron chi connectivity index (χ4n) is 4.32. The van der Waals surface area contributed by atoms with Crippen LogP contribution in [0.15, 0.2) is 89.3 Å². The highest BCUT2D eigenvalue weighted by Crippen LogP contribution is 2.46. The van der Waals surface area contributed by atoms with E-state index in [2.05, 4.69) is 0 Å². The summed E-state index contributed by atoms with van der Waals surface area (Å²) in [5, 5.41) is 0.980. The number of esters is 1. The Morgan fingerprint density at radius 2 is 1.65 bits per heavy atom. The van der Waals surface area contributed by atoms with Crippen molar-refractivity contribution >= 4 is 39.2 Å². The van der Waals surface area contributed by atoms with E-state index in [0.717, 1.165) is 5.56 Å². The first kappa shape index (κ1) is 24.5. The fourth-order valence-corrected chi connectivity index (χ4v) is 6.65. The van der Waals surface area contributed by atoms with E-state index in [0.29, 0.717) is 21.2 Å². The monoisotopic (exact) mass is 515 g/mol. The minimum Gasteiger partial charge on any atom is -0.466 e. The van der Waals surface area contributed by atoms with Crippen LogP contribution in [0.3, 0.4) is 0 Å². The molecule has 0 aliphatic carbocycles. The third-order valence-electron chi connectivity index (χ3n) is 5.91. The Kier molecular flexibility index (Phi) is 7.14. The zero-order valence-corrected chi connectivity index (χ0v) is 20.9. The molecule has 0 fully saturated rings. The molecule has 0 saturated heterocycles. The lowest BCUT2D eigenvalue weighted by Gasteiger charge is -2.41. The van der Waals surface area contributed by atoms with Gasteiger partial charge in [-0.05, 0) is 60.4 Å². The van der Waals surface area contributed by atoms with Crippen LogP contribution >= 0.6 is 23.2 Å². The predicted molar refractivity (Wildman–Crippen MR) is 133 cm³/mol. The molecule has 176 valence electrons. The van der Waals surface area contributed by atoms with Crippen molar-refractivity contribution in [3.8, 4) is 0 Å². The molecule has 0 bridgehead atoms. The largest absolute Gasteiger partial charge is 0.466 e. The summed E-state index contributed by atoms with van der Waals surface area (Å²) in [6, 6.07) is 19.2. The SMILES string of the molecule is COC(=O)C1=CCC(c2ccc(Cl)cc2)N(S(=O)(=O)c2ccccc2C)C1c1cccc(Cl)c1. The van der Waals surface area contributed by atoms with E-state index in [1.165, 1.54) is 11.4 Å². The number of nitrogens with zero attached hydrogens (tertiary/aromatic N) is 1. The van der Waals surface area contributed by atoms with Gasteiger partial charge in [-0.1, -0.05) is 71.7 Å². The molecule has 3 aromatic carbocycles. The molecule has 0 saturated carbocycles. The molecule has 8 heteroatoms. The number of carbonyl (C=O) groups excluding carboxylic acids is 1. The van der Waals surface area contributed by atoms with E-state index in [9.17, 15) is 13.2 Å². The van der Waals surface area contributed by atoms with Crippen molar-refractivity contribution in [2.24, 2.45) is 0 Å². The smallest absolute Gasteiger partial charge is 0.335 e. The van der Waals surface area contributed by atoms with E-state index in [1.54, 1.807) is 85.8 Å². The van der Waals surface area contributed by atoms with Crippen LogP contribution in [0, 0.1) is 6.92 Å². The molecule has 1 aliphatic rings. The van der Waals surface area contributed by atoms with Crippen LogP contribution in [0.5, 0.6) is 0 Å². The lowest BCUT2D eigenvalue weighted by atomic mass is 9.89. The van der Waals surface area contributed by atoms with E-state index in [-0.39, 0.29) is 16.9 Å². The number of methoxy groups -OCH3 is 1. The van der Waals surface area contributed by atoms with Gasteiger partial charge < -0.3 is 4.74 Å². The highest BCUT2D eigenvalue weighted by molar-refractivity contribution is 7.89. The molecule has 0 radical (unpaired) electrons. The number of ether oxygens (including phenoxy) is 1. The molecule has 0 spiro atoms. The molecule has 0 aromatic heterocycles. The van der Waals surface area contributed by atoms with Gasteiger partial charge in [0.2, 0.25) is 10.0 Å². The van der Waals surface area contributed by atoms with Crippen LogP contribution in [0.1, 0.15) is 35.2 Å². The van der Waals surface area contributed by atoms with E-state index >= 15 is 0 Å². The first-order valence-corrected chi connectivity index (χ1v) is 12.8. The molecule has 0 amide bonds. The average Bonchev–Trinajstić information content (AvgIpc) is 2.83. The second-order valence-electron chi connectivity index (χ2n) is 8.01. The highest BCUT2D eigenvalue weighted by Gasteiger charge is 2.45. The summed E-state index contributed by atoms with van der Waals surface area (Å²) in [6.07, 6.45) is 2.04. The Labute approximate surface area is 209 Å². The molecule has 3 aromatic rings. The third kappa shape index (κ3) is 4.64. The van der Waals surface area contributed by atoms with Gasteiger partial charge in [0.15, 0.2) is 0 Å². The molecule has 34 heavy (non-hydrogen) atoms. The van der Waals surface area contributed by atoms with Gasteiger partial charge in [0.1, 0.15) is 0 Å². The minimum absolute atomic E-state index is 0.173. The van der Waals surface area contributed by atoms with Crippen molar-refractivity contribution in [3.63, 3.8) is 0 Å². The summed E-state index contributed by atoms with van der Waals surface area (Å²) in [5.41, 5.74) is 2.18. The van der Waals surface area contributed by atoms with Crippen molar-refractivity contribution in [1.82, 2.24) is 4.31 Å². The predicted octanol–water partition coefficient (Wildman–Crippen LogP) is 6.28. The van der Waals surface area contributed by atoms with Crippen molar-refractivity contribution in [3.05, 3.63) is 111 Å². The van der Waals surface area contributed by atoms with Gasteiger partial charge in [-0.25, -0.2) is 13.2 Å². The summed E-state index contributed by atoms with van der Waals surface area (Å²) in [5.74, 6) is -0.593. The van der Waals surface area contributed by atoms with E-state index in [1.807, 2.05) is 0 Å². The standard InChI is InChI=1S/C26H23Cl2NO4S/c1-17-6-3-4-9-24(17)34(31,32)29-23(18-10-12-20(27)13-11-18)15-14-22(26(30)33-2)25(29)19-7-5-8-21(28)16-19/h3-14,16,23,25H,15H2,1-2H3. The van der Waals surface area contributed by atoms with Crippen LogP contribution in [0.4, 0.5) is 0 Å². The highest BCUT2D eigenvalue weighted by atomic mass is 35.5. The minimum atomic E-state index is -4.08. The quantitative estimate of drug-likeness (QED) is 0.375. The number of hydrogen-bond acceptors (Lipinski definition) is 4. The summed E-state index contributed by atoms with van der Waals surface area (Å²) in [7, 11) is -2.79. The Bertz CT molecular complexity index is 1350. The topological polar surface area (TPSA) is 63.7 Å². The molecular formula is C26H23Cl2NO4S. The van der Waals surface area contributed by atoms with E-state index in [4.69, 9.17) is 27.9 Å². The van der Waals surface area contributed by atoms with Crippen molar-refractivity contribution in [2.75, 3.05) is 7.11 Å². The van der Waals surface area contributed by atoms with Crippen molar-refractivity contribution in [1.29, 1.82) is 0 Å². The van der Waals surface area contributed by atoms with Gasteiger partial charge in [-0.15, -0.1) is 0 Å². The molecule has 4 rings (SSSR count). The second-order valence-corrected chi connectivity index (χ2v) is 10.7.